The summed E-state index contributed by atoms with van der Waals surface area (Å²) in [6, 6.07) is 3.75. The summed E-state index contributed by atoms with van der Waals surface area (Å²) >= 11 is 0. The third-order valence-corrected chi connectivity index (χ3v) is 5.63. The second-order valence-electron chi connectivity index (χ2n) is 7.18. The molecule has 1 aromatic rings. The Labute approximate surface area is 141 Å². The number of rotatable bonds is 5. The van der Waals surface area contributed by atoms with Crippen LogP contribution in [-0.4, -0.2) is 53.9 Å². The molecule has 0 unspecified atom stereocenters. The van der Waals surface area contributed by atoms with Gasteiger partial charge in [-0.2, -0.15) is 0 Å². The number of ether oxygens (including phenoxy) is 2. The van der Waals surface area contributed by atoms with Crippen molar-refractivity contribution in [3.63, 3.8) is 0 Å². The zero-order chi connectivity index (χ0) is 16.6. The molecule has 130 valence electrons. The van der Waals surface area contributed by atoms with Gasteiger partial charge in [0.15, 0.2) is 0 Å². The number of alkyl halides is 1. The number of carbonyl (C=O) groups excluding carboxylic acids is 1. The molecule has 2 saturated heterocycles. The summed E-state index contributed by atoms with van der Waals surface area (Å²) in [5, 5.41) is 0. The Bertz CT molecular complexity index is 585. The molecule has 3 fully saturated rings. The van der Waals surface area contributed by atoms with Gasteiger partial charge in [-0.15, -0.1) is 0 Å². The standard InChI is InChI=1S/C18H23FN2O3/c19-15-8-13(9-15)17(22)21-11-18(12-21)14(4-7-24-18)3-6-23-16-2-1-5-20-10-16/h1-2,5,10,13-15H,3-4,6-9,11-12H2/t13?,14-,15?/m1/s1. The van der Waals surface area contributed by atoms with E-state index >= 15 is 0 Å². The zero-order valence-corrected chi connectivity index (χ0v) is 13.7. The van der Waals surface area contributed by atoms with Crippen LogP contribution in [0.3, 0.4) is 0 Å². The van der Waals surface area contributed by atoms with Crippen molar-refractivity contribution in [2.75, 3.05) is 26.3 Å². The Hall–Kier alpha value is -1.69. The normalized spacial score (nSPS) is 30.7. The van der Waals surface area contributed by atoms with Crippen LogP contribution in [0.25, 0.3) is 0 Å². The van der Waals surface area contributed by atoms with Gasteiger partial charge in [0.25, 0.3) is 0 Å². The van der Waals surface area contributed by atoms with Crippen molar-refractivity contribution in [2.24, 2.45) is 11.8 Å². The molecule has 0 N–H and O–H groups in total. The Morgan fingerprint density at radius 2 is 2.29 bits per heavy atom. The van der Waals surface area contributed by atoms with Crippen LogP contribution in [0.1, 0.15) is 25.7 Å². The third-order valence-electron chi connectivity index (χ3n) is 5.63. The van der Waals surface area contributed by atoms with Gasteiger partial charge in [0.05, 0.1) is 25.9 Å². The maximum absolute atomic E-state index is 12.9. The number of carbonyl (C=O) groups is 1. The molecular weight excluding hydrogens is 311 g/mol. The minimum atomic E-state index is -0.783. The lowest BCUT2D eigenvalue weighted by Gasteiger charge is -2.52. The van der Waals surface area contributed by atoms with E-state index in [0.29, 0.717) is 38.5 Å². The van der Waals surface area contributed by atoms with Gasteiger partial charge in [-0.25, -0.2) is 4.39 Å². The van der Waals surface area contributed by atoms with E-state index in [1.807, 2.05) is 17.0 Å². The number of hydrogen-bond acceptors (Lipinski definition) is 4. The van der Waals surface area contributed by atoms with Gasteiger partial charge in [0.2, 0.25) is 5.91 Å². The maximum atomic E-state index is 12.9. The molecule has 1 spiro atoms. The fraction of sp³-hybridized carbons (Fsp3) is 0.667. The average molecular weight is 334 g/mol. The second kappa shape index (κ2) is 6.31. The molecular formula is C18H23FN2O3. The summed E-state index contributed by atoms with van der Waals surface area (Å²) < 4.78 is 24.7. The van der Waals surface area contributed by atoms with Crippen molar-refractivity contribution in [1.82, 2.24) is 9.88 Å². The van der Waals surface area contributed by atoms with Gasteiger partial charge in [-0.1, -0.05) is 0 Å². The summed E-state index contributed by atoms with van der Waals surface area (Å²) in [7, 11) is 0. The molecule has 24 heavy (non-hydrogen) atoms. The first-order valence-electron chi connectivity index (χ1n) is 8.76. The number of halogens is 1. The predicted molar refractivity (Wildman–Crippen MR) is 85.3 cm³/mol. The smallest absolute Gasteiger partial charge is 0.226 e. The second-order valence-corrected chi connectivity index (χ2v) is 7.18. The monoisotopic (exact) mass is 334 g/mol. The highest BCUT2D eigenvalue weighted by atomic mass is 19.1. The van der Waals surface area contributed by atoms with Crippen LogP contribution in [0.2, 0.25) is 0 Å². The molecule has 1 saturated carbocycles. The highest BCUT2D eigenvalue weighted by Gasteiger charge is 2.55. The van der Waals surface area contributed by atoms with Gasteiger partial charge in [0, 0.05) is 18.7 Å². The molecule has 2 aliphatic heterocycles. The van der Waals surface area contributed by atoms with E-state index in [4.69, 9.17) is 9.47 Å². The molecule has 1 aliphatic carbocycles. The minimum absolute atomic E-state index is 0.105. The van der Waals surface area contributed by atoms with E-state index in [-0.39, 0.29) is 17.4 Å². The van der Waals surface area contributed by atoms with E-state index in [9.17, 15) is 9.18 Å². The zero-order valence-electron chi connectivity index (χ0n) is 13.7. The van der Waals surface area contributed by atoms with Crippen LogP contribution < -0.4 is 4.74 Å². The van der Waals surface area contributed by atoms with Crippen LogP contribution in [0, 0.1) is 11.8 Å². The van der Waals surface area contributed by atoms with E-state index in [2.05, 4.69) is 4.98 Å². The number of hydrogen-bond donors (Lipinski definition) is 0. The molecule has 0 aromatic carbocycles. The summed E-state index contributed by atoms with van der Waals surface area (Å²) in [5.74, 6) is 1.19. The number of pyridine rings is 1. The molecule has 3 heterocycles. The van der Waals surface area contributed by atoms with Crippen molar-refractivity contribution in [2.45, 2.75) is 37.5 Å². The average Bonchev–Trinajstić information content (AvgIpc) is 2.95. The number of likely N-dealkylation sites (tertiary alicyclic amines) is 1. The Morgan fingerprint density at radius 1 is 1.46 bits per heavy atom. The largest absolute Gasteiger partial charge is 0.492 e. The lowest BCUT2D eigenvalue weighted by atomic mass is 9.76. The quantitative estimate of drug-likeness (QED) is 0.828. The number of nitrogens with zero attached hydrogens (tertiary/aromatic N) is 2. The van der Waals surface area contributed by atoms with E-state index in [1.54, 1.807) is 12.4 Å². The number of amides is 1. The van der Waals surface area contributed by atoms with Crippen LogP contribution in [0.15, 0.2) is 24.5 Å². The van der Waals surface area contributed by atoms with Crippen LogP contribution >= 0.6 is 0 Å². The lowest BCUT2D eigenvalue weighted by molar-refractivity contribution is -0.173. The highest BCUT2D eigenvalue weighted by molar-refractivity contribution is 5.81. The Kier molecular flexibility index (Phi) is 4.16. The minimum Gasteiger partial charge on any atom is -0.492 e. The van der Waals surface area contributed by atoms with Crippen LogP contribution in [0.4, 0.5) is 4.39 Å². The highest BCUT2D eigenvalue weighted by Crippen LogP contribution is 2.43. The van der Waals surface area contributed by atoms with Gasteiger partial charge < -0.3 is 14.4 Å². The van der Waals surface area contributed by atoms with Gasteiger partial charge in [0.1, 0.15) is 17.5 Å². The predicted octanol–water partition coefficient (Wildman–Crippen LogP) is 2.22. The van der Waals surface area contributed by atoms with Crippen molar-refractivity contribution >= 4 is 5.91 Å². The topological polar surface area (TPSA) is 51.7 Å². The summed E-state index contributed by atoms with van der Waals surface area (Å²) in [6.45, 7) is 2.67. The van der Waals surface area contributed by atoms with Crippen LogP contribution in [-0.2, 0) is 9.53 Å². The third kappa shape index (κ3) is 2.88. The fourth-order valence-electron chi connectivity index (χ4n) is 4.06. The molecule has 1 atom stereocenters. The maximum Gasteiger partial charge on any atom is 0.226 e. The van der Waals surface area contributed by atoms with Gasteiger partial charge >= 0.3 is 0 Å². The summed E-state index contributed by atoms with van der Waals surface area (Å²) in [4.78, 5) is 18.2. The van der Waals surface area contributed by atoms with Crippen molar-refractivity contribution in [3.05, 3.63) is 24.5 Å². The van der Waals surface area contributed by atoms with Crippen molar-refractivity contribution in [1.29, 1.82) is 0 Å². The molecule has 4 rings (SSSR count). The SMILES string of the molecule is O=C(C1CC(F)C1)N1CC2(C1)OCC[C@H]2CCOc1cccnc1. The first-order chi connectivity index (χ1) is 11.7. The first kappa shape index (κ1) is 15.8. The number of aromatic nitrogens is 1. The van der Waals surface area contributed by atoms with E-state index in [1.165, 1.54) is 0 Å². The molecule has 6 heteroatoms. The van der Waals surface area contributed by atoms with Crippen LogP contribution in [0.5, 0.6) is 5.75 Å². The fourth-order valence-corrected chi connectivity index (χ4v) is 4.06. The Morgan fingerprint density at radius 3 is 3.00 bits per heavy atom. The van der Waals surface area contributed by atoms with Crippen molar-refractivity contribution < 1.29 is 18.7 Å². The first-order valence-corrected chi connectivity index (χ1v) is 8.76. The van der Waals surface area contributed by atoms with Crippen molar-refractivity contribution in [3.8, 4) is 5.75 Å². The molecule has 0 radical (unpaired) electrons. The van der Waals surface area contributed by atoms with Gasteiger partial charge in [-0.05, 0) is 43.7 Å². The molecule has 1 amide bonds. The van der Waals surface area contributed by atoms with Gasteiger partial charge in [-0.3, -0.25) is 9.78 Å². The molecule has 5 nitrogen and oxygen atoms in total. The Balaban J connectivity index is 1.26. The van der Waals surface area contributed by atoms with E-state index in [0.717, 1.165) is 25.2 Å². The molecule has 1 aromatic heterocycles. The molecule has 0 bridgehead atoms. The molecule has 3 aliphatic rings. The summed E-state index contributed by atoms with van der Waals surface area (Å²) in [6.07, 6.45) is 5.36. The lowest BCUT2D eigenvalue weighted by Crippen LogP contribution is -2.67. The summed E-state index contributed by atoms with van der Waals surface area (Å²) in [5.41, 5.74) is -0.202. The van der Waals surface area contributed by atoms with E-state index < -0.39 is 6.17 Å².